The highest BCUT2D eigenvalue weighted by molar-refractivity contribution is 6.02. The largest absolute Gasteiger partial charge is 0.496 e. The molecule has 24 heavy (non-hydrogen) atoms. The van der Waals surface area contributed by atoms with Gasteiger partial charge in [-0.3, -0.25) is 4.79 Å². The third kappa shape index (κ3) is 3.27. The Morgan fingerprint density at radius 2 is 1.71 bits per heavy atom. The van der Waals surface area contributed by atoms with E-state index in [1.807, 2.05) is 67.6 Å². The lowest BCUT2D eigenvalue weighted by molar-refractivity contribution is 0.0952. The summed E-state index contributed by atoms with van der Waals surface area (Å²) in [5.41, 5.74) is 5.08. The van der Waals surface area contributed by atoms with E-state index in [2.05, 4.69) is 10.5 Å². The van der Waals surface area contributed by atoms with Gasteiger partial charge in [0.1, 0.15) is 5.75 Å². The van der Waals surface area contributed by atoms with Crippen LogP contribution in [0.25, 0.3) is 10.8 Å². The second kappa shape index (κ2) is 6.96. The zero-order valence-corrected chi connectivity index (χ0v) is 13.6. The van der Waals surface area contributed by atoms with Crippen molar-refractivity contribution in [3.8, 4) is 5.75 Å². The molecule has 3 aromatic carbocycles. The zero-order chi connectivity index (χ0) is 16.9. The Balaban J connectivity index is 1.84. The van der Waals surface area contributed by atoms with Crippen LogP contribution < -0.4 is 10.2 Å². The van der Waals surface area contributed by atoms with E-state index < -0.39 is 0 Å². The molecular weight excluding hydrogens is 300 g/mol. The van der Waals surface area contributed by atoms with Crippen molar-refractivity contribution < 1.29 is 9.53 Å². The Kier molecular flexibility index (Phi) is 4.57. The summed E-state index contributed by atoms with van der Waals surface area (Å²) in [6.07, 6.45) is 1.64. The van der Waals surface area contributed by atoms with E-state index in [0.717, 1.165) is 21.9 Å². The SMILES string of the molecule is COc1cc2ccccc2cc1C(=O)NN=Cc1ccccc1C. The van der Waals surface area contributed by atoms with Gasteiger partial charge in [-0.25, -0.2) is 5.43 Å². The monoisotopic (exact) mass is 318 g/mol. The third-order valence-corrected chi connectivity index (χ3v) is 3.87. The van der Waals surface area contributed by atoms with Gasteiger partial charge in [0.25, 0.3) is 5.91 Å². The molecule has 0 spiro atoms. The van der Waals surface area contributed by atoms with Gasteiger partial charge in [0.2, 0.25) is 0 Å². The van der Waals surface area contributed by atoms with E-state index >= 15 is 0 Å². The number of rotatable bonds is 4. The van der Waals surface area contributed by atoms with Gasteiger partial charge in [-0.2, -0.15) is 5.10 Å². The highest BCUT2D eigenvalue weighted by Crippen LogP contribution is 2.25. The van der Waals surface area contributed by atoms with Crippen molar-refractivity contribution in [2.75, 3.05) is 7.11 Å². The van der Waals surface area contributed by atoms with Crippen LogP contribution in [0, 0.1) is 6.92 Å². The van der Waals surface area contributed by atoms with Crippen LogP contribution in [-0.4, -0.2) is 19.2 Å². The van der Waals surface area contributed by atoms with Gasteiger partial charge in [-0.15, -0.1) is 0 Å². The Labute approximate surface area is 140 Å². The molecule has 0 saturated carbocycles. The molecule has 120 valence electrons. The summed E-state index contributed by atoms with van der Waals surface area (Å²) in [7, 11) is 1.55. The van der Waals surface area contributed by atoms with E-state index in [9.17, 15) is 4.79 Å². The van der Waals surface area contributed by atoms with Crippen molar-refractivity contribution in [3.05, 3.63) is 77.4 Å². The predicted molar refractivity (Wildman–Crippen MR) is 96.7 cm³/mol. The Morgan fingerprint density at radius 1 is 1.04 bits per heavy atom. The fourth-order valence-electron chi connectivity index (χ4n) is 2.52. The molecule has 0 unspecified atom stereocenters. The first-order valence-electron chi connectivity index (χ1n) is 7.65. The number of hydrogen-bond acceptors (Lipinski definition) is 3. The van der Waals surface area contributed by atoms with Gasteiger partial charge in [-0.05, 0) is 41.0 Å². The molecule has 0 bridgehead atoms. The summed E-state index contributed by atoms with van der Waals surface area (Å²) < 4.78 is 5.35. The molecule has 0 heterocycles. The maximum Gasteiger partial charge on any atom is 0.275 e. The average Bonchev–Trinajstić information content (AvgIpc) is 2.62. The summed E-state index contributed by atoms with van der Waals surface area (Å²) in [6, 6.07) is 19.3. The molecule has 3 rings (SSSR count). The van der Waals surface area contributed by atoms with Crippen LogP contribution in [0.2, 0.25) is 0 Å². The van der Waals surface area contributed by atoms with E-state index in [1.165, 1.54) is 0 Å². The Hall–Kier alpha value is -3.14. The van der Waals surface area contributed by atoms with Crippen LogP contribution in [0.3, 0.4) is 0 Å². The predicted octanol–water partition coefficient (Wildman–Crippen LogP) is 3.92. The van der Waals surface area contributed by atoms with Crippen LogP contribution in [0.1, 0.15) is 21.5 Å². The highest BCUT2D eigenvalue weighted by Gasteiger charge is 2.13. The van der Waals surface area contributed by atoms with E-state index in [-0.39, 0.29) is 5.91 Å². The molecule has 0 atom stereocenters. The first-order chi connectivity index (χ1) is 11.7. The lowest BCUT2D eigenvalue weighted by Crippen LogP contribution is -2.18. The number of carbonyl (C=O) groups excluding carboxylic acids is 1. The van der Waals surface area contributed by atoms with Crippen molar-refractivity contribution in [3.63, 3.8) is 0 Å². The highest BCUT2D eigenvalue weighted by atomic mass is 16.5. The minimum Gasteiger partial charge on any atom is -0.496 e. The molecule has 0 radical (unpaired) electrons. The van der Waals surface area contributed by atoms with Crippen LogP contribution in [0.5, 0.6) is 5.75 Å². The smallest absolute Gasteiger partial charge is 0.275 e. The van der Waals surface area contributed by atoms with Crippen molar-refractivity contribution in [2.24, 2.45) is 5.10 Å². The summed E-state index contributed by atoms with van der Waals surface area (Å²) in [5.74, 6) is 0.222. The number of methoxy groups -OCH3 is 1. The van der Waals surface area contributed by atoms with Crippen LogP contribution in [-0.2, 0) is 0 Å². The maximum absolute atomic E-state index is 12.4. The average molecular weight is 318 g/mol. The second-order valence-electron chi connectivity index (χ2n) is 5.46. The number of hydrogen-bond donors (Lipinski definition) is 1. The Morgan fingerprint density at radius 3 is 2.42 bits per heavy atom. The molecule has 1 amide bonds. The van der Waals surface area contributed by atoms with Gasteiger partial charge in [0.05, 0.1) is 18.9 Å². The van der Waals surface area contributed by atoms with E-state index in [4.69, 9.17) is 4.74 Å². The maximum atomic E-state index is 12.4. The fraction of sp³-hybridized carbons (Fsp3) is 0.100. The number of amides is 1. The molecule has 0 aliphatic heterocycles. The molecule has 0 aromatic heterocycles. The second-order valence-corrected chi connectivity index (χ2v) is 5.46. The summed E-state index contributed by atoms with van der Waals surface area (Å²) in [6.45, 7) is 2.00. The molecule has 1 N–H and O–H groups in total. The van der Waals surface area contributed by atoms with Crippen molar-refractivity contribution >= 4 is 22.9 Å². The number of ether oxygens (including phenoxy) is 1. The number of nitrogens with one attached hydrogen (secondary N) is 1. The molecule has 0 aliphatic carbocycles. The fourth-order valence-corrected chi connectivity index (χ4v) is 2.52. The lowest BCUT2D eigenvalue weighted by atomic mass is 10.1. The summed E-state index contributed by atoms with van der Waals surface area (Å²) in [4.78, 5) is 12.4. The van der Waals surface area contributed by atoms with Gasteiger partial charge >= 0.3 is 0 Å². The lowest BCUT2D eigenvalue weighted by Gasteiger charge is -2.09. The van der Waals surface area contributed by atoms with Crippen LogP contribution in [0.15, 0.2) is 65.8 Å². The topological polar surface area (TPSA) is 50.7 Å². The van der Waals surface area contributed by atoms with Crippen molar-refractivity contribution in [2.45, 2.75) is 6.92 Å². The first-order valence-corrected chi connectivity index (χ1v) is 7.65. The molecular formula is C20H18N2O2. The Bertz CT molecular complexity index is 916. The van der Waals surface area contributed by atoms with Crippen molar-refractivity contribution in [1.82, 2.24) is 5.43 Å². The zero-order valence-electron chi connectivity index (χ0n) is 13.6. The standard InChI is InChI=1S/C20H18N2O2/c1-14-7-3-4-10-17(14)13-21-22-20(23)18-11-15-8-5-6-9-16(15)12-19(18)24-2/h3-13H,1-2H3,(H,22,23). The van der Waals surface area contributed by atoms with Crippen LogP contribution >= 0.6 is 0 Å². The van der Waals surface area contributed by atoms with Crippen LogP contribution in [0.4, 0.5) is 0 Å². The van der Waals surface area contributed by atoms with Gasteiger partial charge in [-0.1, -0.05) is 48.5 Å². The van der Waals surface area contributed by atoms with Crippen molar-refractivity contribution in [1.29, 1.82) is 0 Å². The molecule has 4 heteroatoms. The quantitative estimate of drug-likeness (QED) is 0.585. The minimum atomic E-state index is -0.303. The van der Waals surface area contributed by atoms with Gasteiger partial charge in [0.15, 0.2) is 0 Å². The van der Waals surface area contributed by atoms with E-state index in [1.54, 1.807) is 13.3 Å². The number of aryl methyl sites for hydroxylation is 1. The number of fused-ring (bicyclic) bond motifs is 1. The molecule has 4 nitrogen and oxygen atoms in total. The third-order valence-electron chi connectivity index (χ3n) is 3.87. The molecule has 0 fully saturated rings. The first kappa shape index (κ1) is 15.7. The van der Waals surface area contributed by atoms with Gasteiger partial charge in [0, 0.05) is 0 Å². The molecule has 0 aliphatic rings. The summed E-state index contributed by atoms with van der Waals surface area (Å²) >= 11 is 0. The minimum absolute atomic E-state index is 0.303. The normalized spacial score (nSPS) is 10.9. The number of carbonyl (C=O) groups is 1. The molecule has 3 aromatic rings. The number of nitrogens with zero attached hydrogens (tertiary/aromatic N) is 1. The van der Waals surface area contributed by atoms with Gasteiger partial charge < -0.3 is 4.74 Å². The number of benzene rings is 3. The number of hydrazone groups is 1. The molecule has 0 saturated heterocycles. The summed E-state index contributed by atoms with van der Waals surface area (Å²) in [5, 5.41) is 6.05. The van der Waals surface area contributed by atoms with E-state index in [0.29, 0.717) is 11.3 Å².